The van der Waals surface area contributed by atoms with Crippen molar-refractivity contribution < 1.29 is 27.8 Å². The van der Waals surface area contributed by atoms with E-state index in [1.807, 2.05) is 13.8 Å². The molecule has 1 unspecified atom stereocenters. The lowest BCUT2D eigenvalue weighted by Gasteiger charge is -2.31. The van der Waals surface area contributed by atoms with Crippen molar-refractivity contribution in [1.82, 2.24) is 35.3 Å². The Kier molecular flexibility index (Phi) is 8.37. The zero-order valence-electron chi connectivity index (χ0n) is 28.8. The smallest absolute Gasteiger partial charge is 0.317 e. The number of ether oxygens (including phenoxy) is 1. The summed E-state index contributed by atoms with van der Waals surface area (Å²) in [6.07, 6.45) is 2.18. The highest BCUT2D eigenvalue weighted by molar-refractivity contribution is 6.02. The average Bonchev–Trinajstić information content (AvgIpc) is 3.70. The Morgan fingerprint density at radius 1 is 1.14 bits per heavy atom. The van der Waals surface area contributed by atoms with E-state index < -0.39 is 29.4 Å². The van der Waals surface area contributed by atoms with Crippen LogP contribution in [0.15, 0.2) is 36.4 Å². The third-order valence-corrected chi connectivity index (χ3v) is 11.0. The number of phenolic OH excluding ortho intramolecular Hbond substituents is 1. The Bertz CT molecular complexity index is 2210. The number of carbonyl (C=O) groups is 1. The van der Waals surface area contributed by atoms with E-state index in [0.717, 1.165) is 31.5 Å². The molecule has 13 heteroatoms. The summed E-state index contributed by atoms with van der Waals surface area (Å²) in [7, 11) is 1.55. The minimum Gasteiger partial charge on any atom is -0.508 e. The lowest BCUT2D eigenvalue weighted by molar-refractivity contribution is 0.0956. The summed E-state index contributed by atoms with van der Waals surface area (Å²) in [4.78, 5) is 24.5. The van der Waals surface area contributed by atoms with Crippen LogP contribution in [-0.4, -0.2) is 80.7 Å². The van der Waals surface area contributed by atoms with Crippen molar-refractivity contribution >= 4 is 27.6 Å². The number of hydrogen-bond donors (Lipinski definition) is 3. The topological polar surface area (TPSA) is 117 Å². The van der Waals surface area contributed by atoms with Crippen LogP contribution in [0.2, 0.25) is 0 Å². The Morgan fingerprint density at radius 3 is 2.78 bits per heavy atom. The highest BCUT2D eigenvalue weighted by atomic mass is 19.1. The average molecular weight is 700 g/mol. The second-order valence-electron chi connectivity index (χ2n) is 14.0. The number of aromatic hydroxyl groups is 1. The van der Waals surface area contributed by atoms with Gasteiger partial charge in [0.1, 0.15) is 29.9 Å². The molecule has 3 aromatic carbocycles. The summed E-state index contributed by atoms with van der Waals surface area (Å²) in [5.41, 5.74) is 2.49. The maximum Gasteiger partial charge on any atom is 0.317 e. The van der Waals surface area contributed by atoms with Crippen molar-refractivity contribution in [2.45, 2.75) is 70.2 Å². The van der Waals surface area contributed by atoms with Crippen molar-refractivity contribution in [1.29, 1.82) is 0 Å². The van der Waals surface area contributed by atoms with Crippen LogP contribution in [0.25, 0.3) is 32.8 Å². The summed E-state index contributed by atoms with van der Waals surface area (Å²) < 4.78 is 55.1. The van der Waals surface area contributed by atoms with E-state index >= 15 is 8.78 Å². The van der Waals surface area contributed by atoms with Gasteiger partial charge in [-0.25, -0.2) is 13.2 Å². The first-order chi connectivity index (χ1) is 24.6. The number of nitrogens with one attached hydrogen (secondary N) is 2. The van der Waals surface area contributed by atoms with Crippen LogP contribution in [-0.2, 0) is 13.0 Å². The van der Waals surface area contributed by atoms with Gasteiger partial charge in [-0.05, 0) is 85.8 Å². The second kappa shape index (κ2) is 12.8. The predicted molar refractivity (Wildman–Crippen MR) is 187 cm³/mol. The normalized spacial score (nSPS) is 21.9. The van der Waals surface area contributed by atoms with E-state index in [-0.39, 0.29) is 35.4 Å². The fourth-order valence-electron chi connectivity index (χ4n) is 8.60. The Labute approximate surface area is 293 Å². The van der Waals surface area contributed by atoms with Gasteiger partial charge in [0.25, 0.3) is 5.91 Å². The third-order valence-electron chi connectivity index (χ3n) is 11.0. The maximum absolute atomic E-state index is 17.2. The number of amides is 1. The molecule has 2 fully saturated rings. The minimum atomic E-state index is -0.954. The molecule has 3 aliphatic heterocycles. The van der Waals surface area contributed by atoms with Gasteiger partial charge in [0.15, 0.2) is 11.5 Å². The lowest BCUT2D eigenvalue weighted by Crippen LogP contribution is -2.43. The summed E-state index contributed by atoms with van der Waals surface area (Å²) in [6.45, 7) is 6.11. The van der Waals surface area contributed by atoms with Gasteiger partial charge in [0, 0.05) is 43.1 Å². The number of aromatic nitrogens is 4. The largest absolute Gasteiger partial charge is 0.508 e. The fourth-order valence-corrected chi connectivity index (χ4v) is 8.60. The molecule has 8 rings (SSSR count). The molecular weight excluding hydrogens is 659 g/mol. The summed E-state index contributed by atoms with van der Waals surface area (Å²) >= 11 is 0. The molecule has 0 saturated carbocycles. The molecule has 3 aliphatic rings. The zero-order chi connectivity index (χ0) is 35.6. The molecule has 10 nitrogen and oxygen atoms in total. The van der Waals surface area contributed by atoms with E-state index in [1.54, 1.807) is 29.9 Å². The quantitative estimate of drug-likeness (QED) is 0.192. The number of carbonyl (C=O) groups excluding carboxylic acids is 1. The third kappa shape index (κ3) is 5.48. The van der Waals surface area contributed by atoms with Gasteiger partial charge < -0.3 is 20.5 Å². The van der Waals surface area contributed by atoms with Gasteiger partial charge in [-0.1, -0.05) is 25.1 Å². The van der Waals surface area contributed by atoms with E-state index in [4.69, 9.17) is 9.72 Å². The highest BCUT2D eigenvalue weighted by Gasteiger charge is 2.49. The Hall–Kier alpha value is -4.75. The van der Waals surface area contributed by atoms with E-state index in [9.17, 15) is 14.3 Å². The van der Waals surface area contributed by atoms with Crippen molar-refractivity contribution in [2.24, 2.45) is 0 Å². The van der Waals surface area contributed by atoms with E-state index in [1.165, 1.54) is 18.2 Å². The molecule has 0 radical (unpaired) electrons. The SMILES string of the molecule is CCc1c(F)ccc2cc(O)cc(-c3ccc4c(C5NCCCn6nc(C(=O)NC)c(C)c65)nc(OC[C@@]56CCCN5C[C@H](F)C6)nc4c3F)c12. The standard InChI is InChI=1S/C38H40F3N7O3/c1-4-24-28(40)10-7-21-15-23(49)16-27(29(21)24)25-8-9-26-32(30(25)41)44-37(51-19-38-11-5-13-47(38)18-22(39)17-38)45-33(26)34-35-20(2)31(36(50)42-3)46-48(35)14-6-12-43-34/h7-10,15-16,22,34,43,49H,4-6,11-14,17-19H2,1-3H3,(H,42,50)/t22-,34?,38+/m1/s1. The number of phenols is 1. The molecule has 3 N–H and O–H groups in total. The molecule has 1 amide bonds. The molecule has 0 spiro atoms. The number of hydrogen-bond acceptors (Lipinski definition) is 8. The minimum absolute atomic E-state index is 0.0182. The lowest BCUT2D eigenvalue weighted by atomic mass is 9.91. The number of halogens is 3. The molecule has 0 aliphatic carbocycles. The Morgan fingerprint density at radius 2 is 1.98 bits per heavy atom. The van der Waals surface area contributed by atoms with E-state index in [0.29, 0.717) is 76.7 Å². The van der Waals surface area contributed by atoms with Crippen LogP contribution in [0.5, 0.6) is 11.8 Å². The van der Waals surface area contributed by atoms with Crippen LogP contribution in [0, 0.1) is 18.6 Å². The summed E-state index contributed by atoms with van der Waals surface area (Å²) in [6, 6.07) is 8.59. The number of alkyl halides is 1. The molecule has 266 valence electrons. The van der Waals surface area contributed by atoms with Gasteiger partial charge >= 0.3 is 6.01 Å². The summed E-state index contributed by atoms with van der Waals surface area (Å²) in [5.74, 6) is -1.50. The van der Waals surface area contributed by atoms with E-state index in [2.05, 4.69) is 25.6 Å². The fraction of sp³-hybridized carbons (Fsp3) is 0.421. The molecule has 5 aromatic rings. The number of aryl methyl sites for hydroxylation is 2. The number of rotatable bonds is 7. The van der Waals surface area contributed by atoms with Crippen LogP contribution in [0.3, 0.4) is 0 Å². The predicted octanol–water partition coefficient (Wildman–Crippen LogP) is 5.90. The van der Waals surface area contributed by atoms with Gasteiger partial charge in [-0.15, -0.1) is 0 Å². The zero-order valence-corrected chi connectivity index (χ0v) is 28.8. The summed E-state index contributed by atoms with van der Waals surface area (Å²) in [5, 5.41) is 23.1. The van der Waals surface area contributed by atoms with Crippen LogP contribution >= 0.6 is 0 Å². The number of benzene rings is 3. The molecule has 2 saturated heterocycles. The molecule has 5 heterocycles. The first kappa shape index (κ1) is 33.4. The van der Waals surface area contributed by atoms with Gasteiger partial charge in [0.2, 0.25) is 0 Å². The molecule has 51 heavy (non-hydrogen) atoms. The number of fused-ring (bicyclic) bond motifs is 4. The van der Waals surface area contributed by atoms with Crippen molar-refractivity contribution in [3.63, 3.8) is 0 Å². The first-order valence-electron chi connectivity index (χ1n) is 17.6. The van der Waals surface area contributed by atoms with Gasteiger partial charge in [-0.3, -0.25) is 14.4 Å². The molecule has 3 atom stereocenters. The second-order valence-corrected chi connectivity index (χ2v) is 14.0. The highest BCUT2D eigenvalue weighted by Crippen LogP contribution is 2.43. The van der Waals surface area contributed by atoms with Crippen LogP contribution < -0.4 is 15.4 Å². The van der Waals surface area contributed by atoms with Crippen molar-refractivity contribution in [2.75, 3.05) is 33.3 Å². The monoisotopic (exact) mass is 699 g/mol. The molecular formula is C38H40F3N7O3. The van der Waals surface area contributed by atoms with Gasteiger partial charge in [-0.2, -0.15) is 15.1 Å². The van der Waals surface area contributed by atoms with Crippen LogP contribution in [0.1, 0.15) is 71.7 Å². The number of nitrogens with zero attached hydrogens (tertiary/aromatic N) is 5. The maximum atomic E-state index is 17.2. The first-order valence-corrected chi connectivity index (χ1v) is 17.6. The van der Waals surface area contributed by atoms with Crippen molar-refractivity contribution in [3.8, 4) is 22.9 Å². The van der Waals surface area contributed by atoms with Crippen molar-refractivity contribution in [3.05, 3.63) is 76.2 Å². The Balaban J connectivity index is 1.33. The van der Waals surface area contributed by atoms with Crippen LogP contribution in [0.4, 0.5) is 13.2 Å². The molecule has 0 bridgehead atoms. The van der Waals surface area contributed by atoms with Gasteiger partial charge in [0.05, 0.1) is 23.0 Å². The molecule has 2 aromatic heterocycles.